The van der Waals surface area contributed by atoms with Gasteiger partial charge < -0.3 is 28.4 Å². The quantitative estimate of drug-likeness (QED) is 0.0374. The van der Waals surface area contributed by atoms with Crippen LogP contribution in [-0.4, -0.2) is 48.3 Å². The van der Waals surface area contributed by atoms with E-state index in [1.165, 1.54) is 89.9 Å². The molecule has 0 saturated carbocycles. The fraction of sp³-hybridized carbons (Fsp3) is 0.765. The minimum atomic E-state index is -0.601. The van der Waals surface area contributed by atoms with Crippen molar-refractivity contribution in [1.82, 2.24) is 0 Å². The number of esters is 4. The third-order valence-corrected chi connectivity index (χ3v) is 17.8. The van der Waals surface area contributed by atoms with E-state index >= 15 is 0 Å². The van der Waals surface area contributed by atoms with Crippen LogP contribution < -0.4 is 18.9 Å². The molecule has 78 heavy (non-hydrogen) atoms. The van der Waals surface area contributed by atoms with Crippen LogP contribution in [0.5, 0.6) is 23.0 Å². The molecule has 2 aromatic rings. The number of hydrogen-bond donors (Lipinski definition) is 0. The molecule has 0 amide bonds. The van der Waals surface area contributed by atoms with Crippen molar-refractivity contribution in [1.29, 1.82) is 0 Å². The van der Waals surface area contributed by atoms with Crippen LogP contribution in [0.25, 0.3) is 0 Å². The van der Waals surface area contributed by atoms with Crippen LogP contribution in [0.4, 0.5) is 0 Å². The highest BCUT2D eigenvalue weighted by Crippen LogP contribution is 2.47. The summed E-state index contributed by atoms with van der Waals surface area (Å²) in [7, 11) is 0. The summed E-state index contributed by atoms with van der Waals surface area (Å²) in [4.78, 5) is 51.3. The van der Waals surface area contributed by atoms with Crippen molar-refractivity contribution < 1.29 is 47.6 Å². The van der Waals surface area contributed by atoms with Crippen LogP contribution in [0.15, 0.2) is 0 Å². The molecule has 442 valence electrons. The maximum absolute atomic E-state index is 13.1. The fourth-order valence-corrected chi connectivity index (χ4v) is 12.0. The molecule has 2 heterocycles. The van der Waals surface area contributed by atoms with E-state index in [0.29, 0.717) is 23.3 Å². The van der Waals surface area contributed by atoms with E-state index in [-0.39, 0.29) is 50.1 Å². The number of carbonyl (C=O) groups is 4. The molecule has 0 unspecified atom stereocenters. The molecule has 0 spiro atoms. The zero-order valence-corrected chi connectivity index (χ0v) is 52.3. The van der Waals surface area contributed by atoms with Gasteiger partial charge in [0.15, 0.2) is 0 Å². The van der Waals surface area contributed by atoms with Gasteiger partial charge in [0, 0.05) is 11.1 Å². The summed E-state index contributed by atoms with van der Waals surface area (Å²) in [6.07, 6.45) is 25.5. The number of benzene rings is 2. The van der Waals surface area contributed by atoms with Crippen LogP contribution >= 0.6 is 0 Å². The van der Waals surface area contributed by atoms with E-state index in [2.05, 4.69) is 69.2 Å². The summed E-state index contributed by atoms with van der Waals surface area (Å²) < 4.78 is 36.0. The first kappa shape index (κ1) is 66.4. The van der Waals surface area contributed by atoms with Gasteiger partial charge in [0.2, 0.25) is 0 Å². The van der Waals surface area contributed by atoms with Crippen LogP contribution in [0.2, 0.25) is 0 Å². The lowest BCUT2D eigenvalue weighted by Gasteiger charge is -2.38. The Labute approximate surface area is 474 Å². The Bertz CT molecular complexity index is 2090. The number of carbonyl (C=O) groups excluding carboxylic acids is 4. The molecule has 10 nitrogen and oxygen atoms in total. The first-order valence-electron chi connectivity index (χ1n) is 31.2. The number of rotatable bonds is 35. The summed E-state index contributed by atoms with van der Waals surface area (Å²) >= 11 is 0. The second kappa shape index (κ2) is 32.4. The highest BCUT2D eigenvalue weighted by Gasteiger charge is 2.37. The lowest BCUT2D eigenvalue weighted by molar-refractivity contribution is -0.153. The van der Waals surface area contributed by atoms with Crippen LogP contribution in [-0.2, 0) is 41.5 Å². The first-order chi connectivity index (χ1) is 36.8. The zero-order chi connectivity index (χ0) is 57.7. The maximum Gasteiger partial charge on any atom is 0.311 e. The molecule has 0 N–H and O–H groups in total. The standard InChI is InChI=1S/C68H110O10/c1-45(2)23-17-25-47(5)27-19-29-49(7)31-21-39-67(15)41-37-57-55(13)63(51(9)53(11)65(57)77-67)75-61(71)35-33-59(69)73-43-44-74-60(70)34-36-62(72)76-64-52(10)54(12)66-58(56(64)14)38-42-68(16,78-66)40-22-32-50(8)30-20-28-48(6)26-18-24-46(3)4/h45-50H,17-44H2,1-16H3/t47-,48+,49-,50+,67-,68+. The topological polar surface area (TPSA) is 124 Å². The predicted molar refractivity (Wildman–Crippen MR) is 317 cm³/mol. The first-order valence-corrected chi connectivity index (χ1v) is 31.2. The molecular formula is C68H110O10. The van der Waals surface area contributed by atoms with Gasteiger partial charge in [-0.1, -0.05) is 145 Å². The molecule has 0 aliphatic carbocycles. The molecule has 0 radical (unpaired) electrons. The third-order valence-electron chi connectivity index (χ3n) is 17.8. The third kappa shape index (κ3) is 21.8. The molecule has 6 atom stereocenters. The number of hydrogen-bond acceptors (Lipinski definition) is 10. The Morgan fingerprint density at radius 3 is 1.03 bits per heavy atom. The zero-order valence-electron chi connectivity index (χ0n) is 52.3. The normalized spacial score (nSPS) is 18.5. The Morgan fingerprint density at radius 1 is 0.410 bits per heavy atom. The van der Waals surface area contributed by atoms with Gasteiger partial charge in [0.1, 0.15) is 47.4 Å². The van der Waals surface area contributed by atoms with Crippen molar-refractivity contribution in [2.45, 2.75) is 289 Å². The molecular weight excluding hydrogens is 977 g/mol. The fourth-order valence-electron chi connectivity index (χ4n) is 12.0. The van der Waals surface area contributed by atoms with E-state index in [9.17, 15) is 19.2 Å². The average Bonchev–Trinajstić information content (AvgIpc) is 3.37. The van der Waals surface area contributed by atoms with Crippen molar-refractivity contribution in [3.8, 4) is 23.0 Å². The lowest BCUT2D eigenvalue weighted by atomic mass is 9.83. The molecule has 0 bridgehead atoms. The SMILES string of the molecule is Cc1c(C)c2c(c(C)c1OC(=O)CCC(=O)OCCOC(=O)CCC(=O)Oc1c(C)c(C)c3c(c1C)CC[C@@](C)(CCC[C@H](C)CCC[C@H](C)CCCC(C)C)O3)CC[C@](C)(CCC[C@@H](C)CCC[C@@H](C)CCCC(C)C)O2. The highest BCUT2D eigenvalue weighted by molar-refractivity contribution is 5.81. The van der Waals surface area contributed by atoms with Gasteiger partial charge >= 0.3 is 23.9 Å². The van der Waals surface area contributed by atoms with Gasteiger partial charge in [-0.15, -0.1) is 0 Å². The van der Waals surface area contributed by atoms with Crippen molar-refractivity contribution >= 4 is 23.9 Å². The lowest BCUT2D eigenvalue weighted by Crippen LogP contribution is -2.37. The van der Waals surface area contributed by atoms with Gasteiger partial charge in [-0.05, 0) is 176 Å². The van der Waals surface area contributed by atoms with Gasteiger partial charge in [-0.3, -0.25) is 19.2 Å². The largest absolute Gasteiger partial charge is 0.487 e. The molecule has 0 fully saturated rings. The Kier molecular flexibility index (Phi) is 27.6. The maximum atomic E-state index is 13.1. The molecule has 0 aromatic heterocycles. The van der Waals surface area contributed by atoms with Crippen LogP contribution in [0, 0.1) is 77.0 Å². The predicted octanol–water partition coefficient (Wildman–Crippen LogP) is 17.7. The summed E-state index contributed by atoms with van der Waals surface area (Å²) in [5.74, 6) is 5.29. The number of fused-ring (bicyclic) bond motifs is 2. The molecule has 2 aliphatic rings. The summed E-state index contributed by atoms with van der Waals surface area (Å²) in [5, 5.41) is 0. The molecule has 4 rings (SSSR count). The molecule has 0 saturated heterocycles. The minimum absolute atomic E-state index is 0.159. The second-order valence-electron chi connectivity index (χ2n) is 26.2. The van der Waals surface area contributed by atoms with Crippen LogP contribution in [0.1, 0.15) is 268 Å². The van der Waals surface area contributed by atoms with E-state index in [1.54, 1.807) is 0 Å². The van der Waals surface area contributed by atoms with Crippen molar-refractivity contribution in [2.75, 3.05) is 13.2 Å². The van der Waals surface area contributed by atoms with Gasteiger partial charge in [0.25, 0.3) is 0 Å². The summed E-state index contributed by atoms with van der Waals surface area (Å²) in [6.45, 7) is 34.9. The van der Waals surface area contributed by atoms with E-state index in [0.717, 1.165) is 131 Å². The minimum Gasteiger partial charge on any atom is -0.487 e. The summed E-state index contributed by atoms with van der Waals surface area (Å²) in [5.41, 5.74) is 7.14. The van der Waals surface area contributed by atoms with Gasteiger partial charge in [-0.2, -0.15) is 0 Å². The van der Waals surface area contributed by atoms with Crippen molar-refractivity contribution in [3.63, 3.8) is 0 Å². The number of ether oxygens (including phenoxy) is 6. The van der Waals surface area contributed by atoms with E-state index in [1.807, 2.05) is 41.5 Å². The second-order valence-corrected chi connectivity index (χ2v) is 26.2. The Hall–Kier alpha value is -4.08. The van der Waals surface area contributed by atoms with E-state index in [4.69, 9.17) is 28.4 Å². The van der Waals surface area contributed by atoms with Gasteiger partial charge in [-0.25, -0.2) is 0 Å². The van der Waals surface area contributed by atoms with Crippen molar-refractivity contribution in [2.24, 2.45) is 35.5 Å². The summed E-state index contributed by atoms with van der Waals surface area (Å²) in [6, 6.07) is 0. The van der Waals surface area contributed by atoms with E-state index < -0.39 is 23.9 Å². The van der Waals surface area contributed by atoms with Gasteiger partial charge in [0.05, 0.1) is 25.7 Å². The van der Waals surface area contributed by atoms with Crippen molar-refractivity contribution in [3.05, 3.63) is 44.5 Å². The van der Waals surface area contributed by atoms with Crippen LogP contribution in [0.3, 0.4) is 0 Å². The Balaban J connectivity index is 1.12. The monoisotopic (exact) mass is 1090 g/mol. The molecule has 2 aliphatic heterocycles. The average molecular weight is 1090 g/mol. The highest BCUT2D eigenvalue weighted by atomic mass is 16.6. The molecule has 10 heteroatoms. The smallest absolute Gasteiger partial charge is 0.311 e. The molecule has 2 aromatic carbocycles. The Morgan fingerprint density at radius 2 is 0.705 bits per heavy atom.